The van der Waals surface area contributed by atoms with Crippen LogP contribution < -0.4 is 4.72 Å². The highest BCUT2D eigenvalue weighted by molar-refractivity contribution is 9.11. The number of halogens is 4. The second-order valence-electron chi connectivity index (χ2n) is 4.08. The van der Waals surface area contributed by atoms with Gasteiger partial charge in [-0.15, -0.1) is 11.3 Å². The first kappa shape index (κ1) is 18.4. The Bertz CT molecular complexity index is 600. The van der Waals surface area contributed by atoms with Gasteiger partial charge in [0.15, 0.2) is 0 Å². The summed E-state index contributed by atoms with van der Waals surface area (Å²) in [6, 6.07) is 2.72. The van der Waals surface area contributed by atoms with Crippen LogP contribution in [-0.4, -0.2) is 32.2 Å². The second-order valence-corrected chi connectivity index (χ2v) is 8.54. The summed E-state index contributed by atoms with van der Waals surface area (Å²) >= 11 is 3.92. The molecule has 0 spiro atoms. The molecule has 1 unspecified atom stereocenters. The maximum absolute atomic E-state index is 12.7. The lowest BCUT2D eigenvalue weighted by atomic mass is 10.0. The van der Waals surface area contributed by atoms with E-state index >= 15 is 0 Å². The van der Waals surface area contributed by atoms with E-state index in [0.29, 0.717) is 3.79 Å². The van der Waals surface area contributed by atoms with Crippen molar-refractivity contribution in [3.8, 4) is 0 Å². The smallest absolute Gasteiger partial charge is 0.393 e. The Morgan fingerprint density at radius 2 is 2.05 bits per heavy atom. The minimum absolute atomic E-state index is 0.117. The number of aliphatic carboxylic acids is 1. The summed E-state index contributed by atoms with van der Waals surface area (Å²) in [4.78, 5) is 10.3. The summed E-state index contributed by atoms with van der Waals surface area (Å²) in [6.07, 6.45) is -6.04. The summed E-state index contributed by atoms with van der Waals surface area (Å²) in [5.74, 6) is -3.42. The van der Waals surface area contributed by atoms with Gasteiger partial charge in [-0.3, -0.25) is 4.79 Å². The second kappa shape index (κ2) is 7.07. The minimum Gasteiger partial charge on any atom is -0.481 e. The van der Waals surface area contributed by atoms with Crippen LogP contribution in [0.4, 0.5) is 13.2 Å². The number of hydrogen-bond donors (Lipinski definition) is 2. The summed E-state index contributed by atoms with van der Waals surface area (Å²) in [6.45, 7) is -0.894. The molecular weight excluding hydrogens is 399 g/mol. The third kappa shape index (κ3) is 5.93. The molecule has 2 N–H and O–H groups in total. The summed E-state index contributed by atoms with van der Waals surface area (Å²) in [5.41, 5.74) is 0. The predicted molar refractivity (Wildman–Crippen MR) is 73.6 cm³/mol. The van der Waals surface area contributed by atoms with Crippen molar-refractivity contribution in [3.63, 3.8) is 0 Å². The summed E-state index contributed by atoms with van der Waals surface area (Å²) in [5, 5.41) is 8.43. The molecule has 0 aliphatic carbocycles. The maximum Gasteiger partial charge on any atom is 0.393 e. The highest BCUT2D eigenvalue weighted by Gasteiger charge is 2.40. The first-order valence-electron chi connectivity index (χ1n) is 5.56. The Balaban J connectivity index is 2.74. The average molecular weight is 410 g/mol. The van der Waals surface area contributed by atoms with Crippen LogP contribution in [0.2, 0.25) is 0 Å². The van der Waals surface area contributed by atoms with Crippen molar-refractivity contribution in [2.24, 2.45) is 5.92 Å². The molecular formula is C10H11BrF3NO4S2. The van der Waals surface area contributed by atoms with Gasteiger partial charge in [0, 0.05) is 13.0 Å². The molecule has 0 fully saturated rings. The van der Waals surface area contributed by atoms with Crippen molar-refractivity contribution in [2.75, 3.05) is 6.54 Å². The Kier molecular flexibility index (Phi) is 6.20. The van der Waals surface area contributed by atoms with Crippen LogP contribution in [-0.2, 0) is 14.8 Å². The van der Waals surface area contributed by atoms with E-state index in [1.165, 1.54) is 12.1 Å². The molecule has 1 aromatic rings. The van der Waals surface area contributed by atoms with Crippen molar-refractivity contribution in [3.05, 3.63) is 15.9 Å². The molecule has 1 atom stereocenters. The maximum atomic E-state index is 12.7. The van der Waals surface area contributed by atoms with Crippen molar-refractivity contribution < 1.29 is 31.5 Å². The van der Waals surface area contributed by atoms with E-state index in [0.717, 1.165) is 11.3 Å². The van der Waals surface area contributed by atoms with Gasteiger partial charge in [-0.25, -0.2) is 13.1 Å². The third-order valence-electron chi connectivity index (χ3n) is 2.50. The van der Waals surface area contributed by atoms with Gasteiger partial charge < -0.3 is 5.11 Å². The number of alkyl halides is 3. The molecule has 0 aromatic carbocycles. The summed E-state index contributed by atoms with van der Waals surface area (Å²) < 4.78 is 64.1. The van der Waals surface area contributed by atoms with Crippen LogP contribution in [0.3, 0.4) is 0 Å². The van der Waals surface area contributed by atoms with Gasteiger partial charge in [-0.1, -0.05) is 0 Å². The highest BCUT2D eigenvalue weighted by Crippen LogP contribution is 2.30. The van der Waals surface area contributed by atoms with Crippen LogP contribution in [0.5, 0.6) is 0 Å². The number of carboxylic acids is 1. The highest BCUT2D eigenvalue weighted by atomic mass is 79.9. The summed E-state index contributed by atoms with van der Waals surface area (Å²) in [7, 11) is -4.04. The Hall–Kier alpha value is -0.650. The molecule has 1 aromatic heterocycles. The van der Waals surface area contributed by atoms with Crippen LogP contribution in [0, 0.1) is 5.92 Å². The van der Waals surface area contributed by atoms with Crippen molar-refractivity contribution in [2.45, 2.75) is 23.2 Å². The molecule has 1 rings (SSSR count). The van der Waals surface area contributed by atoms with Gasteiger partial charge >= 0.3 is 12.1 Å². The fourth-order valence-corrected chi connectivity index (χ4v) is 4.54. The van der Waals surface area contributed by atoms with Gasteiger partial charge in [0.25, 0.3) is 0 Å². The lowest BCUT2D eigenvalue weighted by Gasteiger charge is -2.19. The molecule has 0 saturated carbocycles. The number of carboxylic acid groups (broad SMARTS) is 1. The number of hydrogen-bond acceptors (Lipinski definition) is 4. The molecule has 5 nitrogen and oxygen atoms in total. The zero-order valence-electron chi connectivity index (χ0n) is 10.4. The quantitative estimate of drug-likeness (QED) is 0.724. The normalized spacial score (nSPS) is 14.1. The van der Waals surface area contributed by atoms with Gasteiger partial charge in [-0.05, 0) is 34.5 Å². The molecule has 1 heterocycles. The molecule has 11 heteroatoms. The molecule has 0 saturated heterocycles. The minimum atomic E-state index is -4.67. The van der Waals surface area contributed by atoms with E-state index in [4.69, 9.17) is 5.11 Å². The number of thiophene rings is 1. The van der Waals surface area contributed by atoms with Crippen LogP contribution in [0.25, 0.3) is 0 Å². The van der Waals surface area contributed by atoms with Crippen molar-refractivity contribution >= 4 is 43.3 Å². The van der Waals surface area contributed by atoms with E-state index in [9.17, 15) is 26.4 Å². The zero-order chi connectivity index (χ0) is 16.3. The number of carbonyl (C=O) groups is 1. The van der Waals surface area contributed by atoms with Crippen molar-refractivity contribution in [1.29, 1.82) is 0 Å². The molecule has 120 valence electrons. The van der Waals surface area contributed by atoms with Gasteiger partial charge in [-0.2, -0.15) is 13.2 Å². The van der Waals surface area contributed by atoms with Crippen molar-refractivity contribution in [1.82, 2.24) is 4.72 Å². The van der Waals surface area contributed by atoms with E-state index in [1.54, 1.807) is 0 Å². The number of nitrogens with one attached hydrogen (secondary N) is 1. The lowest BCUT2D eigenvalue weighted by molar-refractivity contribution is -0.175. The van der Waals surface area contributed by atoms with Crippen LogP contribution in [0.1, 0.15) is 12.8 Å². The SMILES string of the molecule is O=C(O)CCC(CNS(=O)(=O)c1ccc(Br)s1)C(F)(F)F. The van der Waals surface area contributed by atoms with Gasteiger partial charge in [0.2, 0.25) is 10.0 Å². The average Bonchev–Trinajstić information content (AvgIpc) is 2.74. The fourth-order valence-electron chi connectivity index (χ4n) is 1.40. The molecule has 0 bridgehead atoms. The molecule has 0 amide bonds. The first-order chi connectivity index (χ1) is 9.52. The molecule has 0 aliphatic rings. The van der Waals surface area contributed by atoms with Crippen LogP contribution >= 0.6 is 27.3 Å². The Morgan fingerprint density at radius 3 is 2.48 bits per heavy atom. The van der Waals surface area contributed by atoms with Gasteiger partial charge in [0.05, 0.1) is 9.70 Å². The van der Waals surface area contributed by atoms with E-state index in [-0.39, 0.29) is 4.21 Å². The standard InChI is InChI=1S/C10H11BrF3NO4S2/c11-7-2-4-9(20-7)21(18,19)15-5-6(10(12,13)14)1-3-8(16)17/h2,4,6,15H,1,3,5H2,(H,16,17). The Morgan fingerprint density at radius 1 is 1.43 bits per heavy atom. The lowest BCUT2D eigenvalue weighted by Crippen LogP contribution is -2.36. The predicted octanol–water partition coefficient (Wildman–Crippen LogP) is 2.83. The Labute approximate surface area is 131 Å². The first-order valence-corrected chi connectivity index (χ1v) is 8.65. The van der Waals surface area contributed by atoms with E-state index in [1.807, 2.05) is 4.72 Å². The van der Waals surface area contributed by atoms with Crippen LogP contribution in [0.15, 0.2) is 20.1 Å². The number of rotatable bonds is 7. The number of sulfonamides is 1. The topological polar surface area (TPSA) is 83.5 Å². The molecule has 21 heavy (non-hydrogen) atoms. The van der Waals surface area contributed by atoms with E-state index in [2.05, 4.69) is 15.9 Å². The molecule has 0 radical (unpaired) electrons. The largest absolute Gasteiger partial charge is 0.481 e. The zero-order valence-corrected chi connectivity index (χ0v) is 13.6. The van der Waals surface area contributed by atoms with E-state index < -0.39 is 47.5 Å². The molecule has 0 aliphatic heterocycles. The van der Waals surface area contributed by atoms with Gasteiger partial charge in [0.1, 0.15) is 4.21 Å². The fraction of sp³-hybridized carbons (Fsp3) is 0.500. The third-order valence-corrected chi connectivity index (χ3v) is 6.04. The monoisotopic (exact) mass is 409 g/mol.